The molecule has 0 aliphatic carbocycles. The van der Waals surface area contributed by atoms with E-state index in [1.807, 2.05) is 0 Å². The molecule has 0 bridgehead atoms. The lowest BCUT2D eigenvalue weighted by molar-refractivity contribution is -0.116. The Morgan fingerprint density at radius 1 is 1.52 bits per heavy atom. The number of likely N-dealkylation sites (tertiary alicyclic amines) is 1. The van der Waals surface area contributed by atoms with Crippen LogP contribution in [0.4, 0.5) is 15.8 Å². The number of anilines is 2. The van der Waals surface area contributed by atoms with Crippen LogP contribution in [0.15, 0.2) is 18.2 Å². The van der Waals surface area contributed by atoms with Gasteiger partial charge in [-0.15, -0.1) is 0 Å². The van der Waals surface area contributed by atoms with E-state index in [2.05, 4.69) is 24.1 Å². The number of hydrogen-bond acceptors (Lipinski definition) is 3. The number of carbonyl (C=O) groups excluding carboxylic acids is 1. The highest BCUT2D eigenvalue weighted by Crippen LogP contribution is 2.24. The van der Waals surface area contributed by atoms with Gasteiger partial charge in [-0.2, -0.15) is 0 Å². The lowest BCUT2D eigenvalue weighted by atomic mass is 9.95. The Labute approximate surface area is 125 Å². The predicted octanol–water partition coefficient (Wildman–Crippen LogP) is 2.71. The highest BCUT2D eigenvalue weighted by Gasteiger charge is 2.24. The number of nitrogens with zero attached hydrogens (tertiary/aromatic N) is 1. The summed E-state index contributed by atoms with van der Waals surface area (Å²) in [5.74, 6) is 0.951. The normalized spacial score (nSPS) is 19.1. The van der Waals surface area contributed by atoms with Crippen LogP contribution in [0.1, 0.15) is 26.7 Å². The lowest BCUT2D eigenvalue weighted by Crippen LogP contribution is -2.26. The molecule has 1 amide bonds. The van der Waals surface area contributed by atoms with Crippen molar-refractivity contribution in [2.24, 2.45) is 11.8 Å². The van der Waals surface area contributed by atoms with Gasteiger partial charge in [0.1, 0.15) is 5.82 Å². The molecule has 116 valence electrons. The molecule has 1 atom stereocenters. The molecule has 0 radical (unpaired) electrons. The molecule has 1 heterocycles. The largest absolute Gasteiger partial charge is 0.397 e. The number of benzene rings is 1. The van der Waals surface area contributed by atoms with E-state index >= 15 is 0 Å². The zero-order chi connectivity index (χ0) is 15.4. The monoisotopic (exact) mass is 293 g/mol. The van der Waals surface area contributed by atoms with E-state index < -0.39 is 5.82 Å². The zero-order valence-electron chi connectivity index (χ0n) is 12.7. The fourth-order valence-electron chi connectivity index (χ4n) is 2.73. The van der Waals surface area contributed by atoms with Crippen LogP contribution >= 0.6 is 0 Å². The molecule has 1 aliphatic heterocycles. The fraction of sp³-hybridized carbons (Fsp3) is 0.562. The Hall–Kier alpha value is -1.62. The minimum absolute atomic E-state index is 0.0821. The van der Waals surface area contributed by atoms with Crippen LogP contribution in [0.3, 0.4) is 0 Å². The van der Waals surface area contributed by atoms with Crippen molar-refractivity contribution < 1.29 is 9.18 Å². The van der Waals surface area contributed by atoms with Crippen LogP contribution in [-0.4, -0.2) is 30.4 Å². The van der Waals surface area contributed by atoms with Crippen molar-refractivity contribution >= 4 is 17.3 Å². The van der Waals surface area contributed by atoms with E-state index in [1.54, 1.807) is 0 Å². The molecular weight excluding hydrogens is 269 g/mol. The van der Waals surface area contributed by atoms with Gasteiger partial charge in [0.05, 0.1) is 11.4 Å². The summed E-state index contributed by atoms with van der Waals surface area (Å²) >= 11 is 0. The average Bonchev–Trinajstić information content (AvgIpc) is 2.89. The molecule has 2 rings (SSSR count). The summed E-state index contributed by atoms with van der Waals surface area (Å²) in [6, 6.07) is 4.00. The van der Waals surface area contributed by atoms with Crippen LogP contribution in [0.2, 0.25) is 0 Å². The summed E-state index contributed by atoms with van der Waals surface area (Å²) < 4.78 is 12.9. The molecule has 21 heavy (non-hydrogen) atoms. The fourth-order valence-corrected chi connectivity index (χ4v) is 2.73. The van der Waals surface area contributed by atoms with E-state index in [9.17, 15) is 9.18 Å². The van der Waals surface area contributed by atoms with E-state index in [1.165, 1.54) is 24.6 Å². The van der Waals surface area contributed by atoms with Gasteiger partial charge in [-0.3, -0.25) is 4.79 Å². The molecular formula is C16H24FN3O. The van der Waals surface area contributed by atoms with Gasteiger partial charge in [-0.05, 0) is 43.0 Å². The number of hydrogen-bond donors (Lipinski definition) is 2. The third-order valence-electron chi connectivity index (χ3n) is 4.19. The summed E-state index contributed by atoms with van der Waals surface area (Å²) in [4.78, 5) is 14.3. The summed E-state index contributed by atoms with van der Waals surface area (Å²) in [7, 11) is 0. The maximum absolute atomic E-state index is 12.9. The third kappa shape index (κ3) is 4.43. The minimum Gasteiger partial charge on any atom is -0.397 e. The number of rotatable bonds is 5. The first-order valence-electron chi connectivity index (χ1n) is 7.53. The van der Waals surface area contributed by atoms with Crippen molar-refractivity contribution in [1.82, 2.24) is 4.90 Å². The van der Waals surface area contributed by atoms with Crippen molar-refractivity contribution in [3.05, 3.63) is 24.0 Å². The minimum atomic E-state index is -0.401. The second-order valence-electron chi connectivity index (χ2n) is 6.12. The Balaban J connectivity index is 1.78. The van der Waals surface area contributed by atoms with Crippen molar-refractivity contribution in [3.8, 4) is 0 Å². The quantitative estimate of drug-likeness (QED) is 0.821. The van der Waals surface area contributed by atoms with Gasteiger partial charge in [0.2, 0.25) is 5.91 Å². The molecule has 1 aromatic carbocycles. The van der Waals surface area contributed by atoms with Crippen LogP contribution in [0.25, 0.3) is 0 Å². The van der Waals surface area contributed by atoms with Gasteiger partial charge in [0.25, 0.3) is 0 Å². The number of nitrogen functional groups attached to an aromatic ring is 1. The molecule has 1 saturated heterocycles. The van der Waals surface area contributed by atoms with Crippen LogP contribution < -0.4 is 11.1 Å². The maximum atomic E-state index is 12.9. The number of nitrogens with two attached hydrogens (primary N) is 1. The zero-order valence-corrected chi connectivity index (χ0v) is 12.7. The molecule has 1 unspecified atom stereocenters. The third-order valence-corrected chi connectivity index (χ3v) is 4.19. The van der Waals surface area contributed by atoms with Gasteiger partial charge >= 0.3 is 0 Å². The van der Waals surface area contributed by atoms with E-state index in [-0.39, 0.29) is 11.6 Å². The first-order chi connectivity index (χ1) is 9.95. The summed E-state index contributed by atoms with van der Waals surface area (Å²) in [5.41, 5.74) is 6.40. The van der Waals surface area contributed by atoms with Crippen LogP contribution in [0, 0.1) is 17.7 Å². The Bertz CT molecular complexity index is 504. The SMILES string of the molecule is CC(C)C1CCN(CCC(=O)Nc2ccc(F)cc2N)C1. The number of halogens is 1. The highest BCUT2D eigenvalue weighted by molar-refractivity contribution is 5.93. The Kier molecular flexibility index (Phi) is 5.17. The van der Waals surface area contributed by atoms with Crippen molar-refractivity contribution in [2.45, 2.75) is 26.7 Å². The maximum Gasteiger partial charge on any atom is 0.225 e. The highest BCUT2D eigenvalue weighted by atomic mass is 19.1. The van der Waals surface area contributed by atoms with Crippen LogP contribution in [0.5, 0.6) is 0 Å². The molecule has 1 aliphatic rings. The molecule has 0 spiro atoms. The second-order valence-corrected chi connectivity index (χ2v) is 6.12. The summed E-state index contributed by atoms with van der Waals surface area (Å²) in [6.07, 6.45) is 1.64. The molecule has 0 saturated carbocycles. The first kappa shape index (κ1) is 15.8. The van der Waals surface area contributed by atoms with Gasteiger partial charge in [0, 0.05) is 19.5 Å². The summed E-state index contributed by atoms with van der Waals surface area (Å²) in [5, 5.41) is 2.74. The van der Waals surface area contributed by atoms with Gasteiger partial charge in [0.15, 0.2) is 0 Å². The van der Waals surface area contributed by atoms with Crippen molar-refractivity contribution in [2.75, 3.05) is 30.7 Å². The van der Waals surface area contributed by atoms with Gasteiger partial charge in [-0.1, -0.05) is 13.8 Å². The summed E-state index contributed by atoms with van der Waals surface area (Å²) in [6.45, 7) is 7.39. The van der Waals surface area contributed by atoms with Gasteiger partial charge in [-0.25, -0.2) is 4.39 Å². The Morgan fingerprint density at radius 2 is 2.29 bits per heavy atom. The smallest absolute Gasteiger partial charge is 0.225 e. The van der Waals surface area contributed by atoms with Crippen molar-refractivity contribution in [1.29, 1.82) is 0 Å². The molecule has 1 aromatic rings. The molecule has 3 N–H and O–H groups in total. The number of carbonyl (C=O) groups is 1. The van der Waals surface area contributed by atoms with E-state index in [0.717, 1.165) is 25.6 Å². The first-order valence-corrected chi connectivity index (χ1v) is 7.53. The lowest BCUT2D eigenvalue weighted by Gasteiger charge is -2.17. The molecule has 1 fully saturated rings. The standard InChI is InChI=1S/C16H24FN3O/c1-11(2)12-5-7-20(10-12)8-6-16(21)19-15-4-3-13(17)9-14(15)18/h3-4,9,11-12H,5-8,10,18H2,1-2H3,(H,19,21). The molecule has 0 aromatic heterocycles. The molecule has 4 nitrogen and oxygen atoms in total. The van der Waals surface area contributed by atoms with Gasteiger partial charge < -0.3 is 16.0 Å². The average molecular weight is 293 g/mol. The van der Waals surface area contributed by atoms with Crippen molar-refractivity contribution in [3.63, 3.8) is 0 Å². The van der Waals surface area contributed by atoms with Crippen LogP contribution in [-0.2, 0) is 4.79 Å². The molecule has 5 heteroatoms. The van der Waals surface area contributed by atoms with E-state index in [4.69, 9.17) is 5.73 Å². The predicted molar refractivity (Wildman–Crippen MR) is 83.4 cm³/mol. The number of amides is 1. The number of nitrogens with one attached hydrogen (secondary N) is 1. The van der Waals surface area contributed by atoms with E-state index in [0.29, 0.717) is 18.0 Å². The topological polar surface area (TPSA) is 58.4 Å². The second kappa shape index (κ2) is 6.89. The Morgan fingerprint density at radius 3 is 2.90 bits per heavy atom.